The lowest BCUT2D eigenvalue weighted by molar-refractivity contribution is 0.0942. The molecule has 25 heavy (non-hydrogen) atoms. The van der Waals surface area contributed by atoms with Gasteiger partial charge in [0.15, 0.2) is 5.69 Å². The van der Waals surface area contributed by atoms with E-state index < -0.39 is 0 Å². The average molecular weight is 337 g/mol. The van der Waals surface area contributed by atoms with Crippen LogP contribution in [0.3, 0.4) is 0 Å². The summed E-state index contributed by atoms with van der Waals surface area (Å²) < 4.78 is 12.3. The summed E-state index contributed by atoms with van der Waals surface area (Å²) in [4.78, 5) is 12.4. The Bertz CT molecular complexity index is 862. The number of nitrogens with one attached hydrogen (secondary N) is 1. The number of furan rings is 1. The first kappa shape index (κ1) is 15.5. The number of hydrogen-bond donors (Lipinski definition) is 1. The van der Waals surface area contributed by atoms with Crippen molar-refractivity contribution in [2.24, 2.45) is 0 Å². The number of nitrogens with zero attached hydrogens (tertiary/aromatic N) is 2. The highest BCUT2D eigenvalue weighted by atomic mass is 16.5. The van der Waals surface area contributed by atoms with E-state index in [1.165, 1.54) is 0 Å². The lowest BCUT2D eigenvalue weighted by atomic mass is 10.2. The first-order chi connectivity index (χ1) is 12.2. The normalized spacial score (nSPS) is 13.6. The number of aromatic nitrogens is 2. The van der Waals surface area contributed by atoms with Crippen LogP contribution >= 0.6 is 0 Å². The summed E-state index contributed by atoms with van der Waals surface area (Å²) in [7, 11) is 1.64. The van der Waals surface area contributed by atoms with Crippen LogP contribution in [0.5, 0.6) is 5.75 Å². The molecule has 0 saturated heterocycles. The maximum Gasteiger partial charge on any atom is 0.272 e. The molecule has 128 valence electrons. The highest BCUT2D eigenvalue weighted by Gasteiger charge is 2.29. The van der Waals surface area contributed by atoms with Crippen LogP contribution in [0.15, 0.2) is 53.1 Å². The van der Waals surface area contributed by atoms with Crippen molar-refractivity contribution in [2.75, 3.05) is 7.11 Å². The van der Waals surface area contributed by atoms with Crippen molar-refractivity contribution in [3.8, 4) is 11.4 Å². The van der Waals surface area contributed by atoms with Crippen LogP contribution in [0.4, 0.5) is 0 Å². The number of hydrogen-bond acceptors (Lipinski definition) is 4. The Morgan fingerprint density at radius 1 is 1.32 bits per heavy atom. The standard InChI is InChI=1S/C19H19N3O3/c1-24-15-8-6-14(7-9-15)22-18(13-4-5-13)11-17(21-22)19(23)20-12-16-3-2-10-25-16/h2-3,6-11,13H,4-5,12H2,1H3,(H,20,23). The van der Waals surface area contributed by atoms with Gasteiger partial charge in [-0.3, -0.25) is 4.79 Å². The first-order valence-corrected chi connectivity index (χ1v) is 8.29. The quantitative estimate of drug-likeness (QED) is 0.749. The summed E-state index contributed by atoms with van der Waals surface area (Å²) >= 11 is 0. The van der Waals surface area contributed by atoms with E-state index in [9.17, 15) is 4.79 Å². The Kier molecular flexibility index (Phi) is 4.01. The van der Waals surface area contributed by atoms with Crippen LogP contribution in [0.1, 0.15) is 40.7 Å². The van der Waals surface area contributed by atoms with E-state index in [0.717, 1.165) is 30.0 Å². The molecule has 0 aliphatic heterocycles. The minimum atomic E-state index is -0.203. The first-order valence-electron chi connectivity index (χ1n) is 8.29. The van der Waals surface area contributed by atoms with Crippen LogP contribution in [0.2, 0.25) is 0 Å². The van der Waals surface area contributed by atoms with Gasteiger partial charge in [-0.25, -0.2) is 4.68 Å². The number of ether oxygens (including phenoxy) is 1. The Morgan fingerprint density at radius 3 is 2.76 bits per heavy atom. The number of rotatable bonds is 6. The highest BCUT2D eigenvalue weighted by Crippen LogP contribution is 2.41. The molecule has 0 unspecified atom stereocenters. The number of carbonyl (C=O) groups excluding carboxylic acids is 1. The second kappa shape index (κ2) is 6.47. The molecule has 1 N–H and O–H groups in total. The summed E-state index contributed by atoms with van der Waals surface area (Å²) in [6.07, 6.45) is 3.86. The van der Waals surface area contributed by atoms with Crippen LogP contribution < -0.4 is 10.1 Å². The molecule has 1 aliphatic carbocycles. The molecular formula is C19H19N3O3. The molecule has 4 rings (SSSR count). The molecule has 6 heteroatoms. The summed E-state index contributed by atoms with van der Waals surface area (Å²) in [6, 6.07) is 13.2. The Balaban J connectivity index is 1.57. The highest BCUT2D eigenvalue weighted by molar-refractivity contribution is 5.92. The second-order valence-electron chi connectivity index (χ2n) is 6.10. The molecule has 6 nitrogen and oxygen atoms in total. The van der Waals surface area contributed by atoms with Gasteiger partial charge in [0.25, 0.3) is 5.91 Å². The number of methoxy groups -OCH3 is 1. The van der Waals surface area contributed by atoms with Crippen LogP contribution in [0.25, 0.3) is 5.69 Å². The third kappa shape index (κ3) is 3.28. The molecule has 0 bridgehead atoms. The van der Waals surface area contributed by atoms with E-state index in [1.807, 2.05) is 41.1 Å². The second-order valence-corrected chi connectivity index (χ2v) is 6.10. The summed E-state index contributed by atoms with van der Waals surface area (Å²) in [5.74, 6) is 1.78. The van der Waals surface area contributed by atoms with Gasteiger partial charge >= 0.3 is 0 Å². The van der Waals surface area contributed by atoms with Crippen LogP contribution in [0, 0.1) is 0 Å². The van der Waals surface area contributed by atoms with Gasteiger partial charge in [0.05, 0.1) is 25.6 Å². The Morgan fingerprint density at radius 2 is 2.12 bits per heavy atom. The molecule has 1 aromatic carbocycles. The molecule has 1 amide bonds. The lowest BCUT2D eigenvalue weighted by Gasteiger charge is -2.07. The molecule has 1 aliphatic rings. The Labute approximate surface area is 145 Å². The minimum Gasteiger partial charge on any atom is -0.497 e. The fourth-order valence-corrected chi connectivity index (χ4v) is 2.78. The van der Waals surface area contributed by atoms with Crippen molar-refractivity contribution < 1.29 is 13.9 Å². The fourth-order valence-electron chi connectivity index (χ4n) is 2.78. The predicted molar refractivity (Wildman–Crippen MR) is 92.0 cm³/mol. The van der Waals surface area contributed by atoms with Gasteiger partial charge in [0, 0.05) is 11.6 Å². The van der Waals surface area contributed by atoms with E-state index in [4.69, 9.17) is 9.15 Å². The van der Waals surface area contributed by atoms with Crippen molar-refractivity contribution in [1.82, 2.24) is 15.1 Å². The zero-order chi connectivity index (χ0) is 17.2. The van der Waals surface area contributed by atoms with Crippen LogP contribution in [-0.2, 0) is 6.54 Å². The summed E-state index contributed by atoms with van der Waals surface area (Å²) in [5.41, 5.74) is 2.42. The average Bonchev–Trinajstić information content (AvgIpc) is 3.19. The van der Waals surface area contributed by atoms with Gasteiger partial charge in [-0.15, -0.1) is 0 Å². The van der Waals surface area contributed by atoms with E-state index in [-0.39, 0.29) is 5.91 Å². The molecule has 2 heterocycles. The summed E-state index contributed by atoms with van der Waals surface area (Å²) in [5, 5.41) is 7.37. The fraction of sp³-hybridized carbons (Fsp3) is 0.263. The van der Waals surface area contributed by atoms with E-state index in [2.05, 4.69) is 10.4 Å². The Hall–Kier alpha value is -3.02. The zero-order valence-electron chi connectivity index (χ0n) is 13.9. The van der Waals surface area contributed by atoms with Crippen molar-refractivity contribution >= 4 is 5.91 Å². The molecule has 1 saturated carbocycles. The summed E-state index contributed by atoms with van der Waals surface area (Å²) in [6.45, 7) is 0.347. The zero-order valence-corrected chi connectivity index (χ0v) is 13.9. The maximum absolute atomic E-state index is 12.4. The van der Waals surface area contributed by atoms with E-state index in [0.29, 0.717) is 23.9 Å². The SMILES string of the molecule is COc1ccc(-n2nc(C(=O)NCc3ccco3)cc2C2CC2)cc1. The number of amides is 1. The van der Waals surface area contributed by atoms with Crippen molar-refractivity contribution in [1.29, 1.82) is 0 Å². The van der Waals surface area contributed by atoms with E-state index >= 15 is 0 Å². The number of benzene rings is 1. The van der Waals surface area contributed by atoms with Crippen molar-refractivity contribution in [3.05, 3.63) is 65.9 Å². The monoisotopic (exact) mass is 337 g/mol. The topological polar surface area (TPSA) is 69.3 Å². The molecular weight excluding hydrogens is 318 g/mol. The molecule has 1 fully saturated rings. The van der Waals surface area contributed by atoms with Gasteiger partial charge in [-0.05, 0) is 55.3 Å². The third-order valence-electron chi connectivity index (χ3n) is 4.29. The van der Waals surface area contributed by atoms with E-state index in [1.54, 1.807) is 19.4 Å². The maximum atomic E-state index is 12.4. The molecule has 2 aromatic heterocycles. The van der Waals surface area contributed by atoms with Crippen molar-refractivity contribution in [2.45, 2.75) is 25.3 Å². The van der Waals surface area contributed by atoms with Gasteiger partial charge in [0.1, 0.15) is 11.5 Å². The minimum absolute atomic E-state index is 0.203. The molecule has 0 atom stereocenters. The predicted octanol–water partition coefficient (Wildman–Crippen LogP) is 3.28. The third-order valence-corrected chi connectivity index (χ3v) is 4.29. The molecule has 0 spiro atoms. The van der Waals surface area contributed by atoms with Crippen LogP contribution in [-0.4, -0.2) is 22.8 Å². The van der Waals surface area contributed by atoms with Gasteiger partial charge in [0.2, 0.25) is 0 Å². The van der Waals surface area contributed by atoms with Crippen molar-refractivity contribution in [3.63, 3.8) is 0 Å². The smallest absolute Gasteiger partial charge is 0.272 e. The van der Waals surface area contributed by atoms with Gasteiger partial charge in [-0.1, -0.05) is 0 Å². The molecule has 0 radical (unpaired) electrons. The van der Waals surface area contributed by atoms with Gasteiger partial charge < -0.3 is 14.5 Å². The lowest BCUT2D eigenvalue weighted by Crippen LogP contribution is -2.23. The largest absolute Gasteiger partial charge is 0.497 e. The number of carbonyl (C=O) groups is 1. The molecule has 3 aromatic rings. The van der Waals surface area contributed by atoms with Gasteiger partial charge in [-0.2, -0.15) is 5.10 Å².